The molecule has 1 aromatic rings. The molecule has 2 saturated carbocycles. The van der Waals surface area contributed by atoms with Gasteiger partial charge in [0, 0.05) is 5.38 Å². The van der Waals surface area contributed by atoms with Crippen molar-refractivity contribution in [3.05, 3.63) is 11.1 Å². The van der Waals surface area contributed by atoms with Crippen LogP contribution >= 0.6 is 11.3 Å². The van der Waals surface area contributed by atoms with E-state index in [0.717, 1.165) is 67.6 Å². The molecule has 2 aliphatic carbocycles. The minimum absolute atomic E-state index is 0.228. The summed E-state index contributed by atoms with van der Waals surface area (Å²) in [5.41, 5.74) is 0.360. The summed E-state index contributed by atoms with van der Waals surface area (Å²) in [7, 11) is 0. The molecular formula is C24H34N4O5S. The van der Waals surface area contributed by atoms with Gasteiger partial charge in [0.05, 0.1) is 12.1 Å². The Hall–Kier alpha value is -2.49. The highest BCUT2D eigenvalue weighted by Crippen LogP contribution is 2.32. The molecule has 34 heavy (non-hydrogen) atoms. The molecule has 2 heterocycles. The Morgan fingerprint density at radius 2 is 1.74 bits per heavy atom. The van der Waals surface area contributed by atoms with Crippen LogP contribution in [0.1, 0.15) is 82.7 Å². The normalized spacial score (nSPS) is 23.1. The summed E-state index contributed by atoms with van der Waals surface area (Å²) >= 11 is 1.14. The smallest absolute Gasteiger partial charge is 0.325 e. The summed E-state index contributed by atoms with van der Waals surface area (Å²) in [6.45, 7) is 0. The number of carbonyl (C=O) groups is 4. The maximum absolute atomic E-state index is 13.4. The molecule has 0 radical (unpaired) electrons. The summed E-state index contributed by atoms with van der Waals surface area (Å²) in [6, 6.07) is -1.97. The first kappa shape index (κ1) is 24.6. The molecule has 10 heteroatoms. The molecule has 4 amide bonds. The quantitative estimate of drug-likeness (QED) is 0.450. The second-order valence-corrected chi connectivity index (χ2v) is 10.8. The van der Waals surface area contributed by atoms with Gasteiger partial charge in [0.2, 0.25) is 5.91 Å². The third-order valence-electron chi connectivity index (χ3n) is 7.36. The van der Waals surface area contributed by atoms with E-state index < -0.39 is 30.0 Å². The summed E-state index contributed by atoms with van der Waals surface area (Å²) in [6.07, 6.45) is 11.9. The number of nitrogens with zero attached hydrogens (tertiary/aromatic N) is 2. The molecule has 1 aliphatic heterocycles. The zero-order valence-electron chi connectivity index (χ0n) is 19.5. The van der Waals surface area contributed by atoms with E-state index in [-0.39, 0.29) is 23.4 Å². The van der Waals surface area contributed by atoms with Crippen LogP contribution in [0, 0.1) is 11.8 Å². The monoisotopic (exact) mass is 490 g/mol. The van der Waals surface area contributed by atoms with Crippen molar-refractivity contribution in [1.82, 2.24) is 15.2 Å². The van der Waals surface area contributed by atoms with E-state index in [4.69, 9.17) is 5.11 Å². The fourth-order valence-electron chi connectivity index (χ4n) is 5.62. The van der Waals surface area contributed by atoms with Crippen LogP contribution in [0.25, 0.3) is 0 Å². The largest absolute Gasteiger partial charge is 0.481 e. The number of hydrogen-bond donors (Lipinski definition) is 3. The number of aliphatic carboxylic acids is 1. The number of hydrogen-bond acceptors (Lipinski definition) is 6. The molecular weight excluding hydrogens is 456 g/mol. The van der Waals surface area contributed by atoms with E-state index in [1.165, 1.54) is 12.8 Å². The van der Waals surface area contributed by atoms with Crippen LogP contribution in [0.15, 0.2) is 5.38 Å². The number of amides is 4. The minimum Gasteiger partial charge on any atom is -0.481 e. The molecule has 0 aromatic carbocycles. The van der Waals surface area contributed by atoms with E-state index in [1.54, 1.807) is 5.38 Å². The van der Waals surface area contributed by atoms with Gasteiger partial charge in [0.25, 0.3) is 5.91 Å². The Labute approximate surface area is 203 Å². The van der Waals surface area contributed by atoms with Crippen LogP contribution in [0.2, 0.25) is 0 Å². The van der Waals surface area contributed by atoms with Gasteiger partial charge in [-0.05, 0) is 24.7 Å². The number of rotatable bonds is 9. The zero-order chi connectivity index (χ0) is 24.1. The molecule has 1 aromatic heterocycles. The first-order chi connectivity index (χ1) is 16.4. The Balaban J connectivity index is 1.48. The summed E-state index contributed by atoms with van der Waals surface area (Å²) in [4.78, 5) is 55.9. The summed E-state index contributed by atoms with van der Waals surface area (Å²) in [5.74, 6) is -1.04. The molecule has 3 N–H and O–H groups in total. The van der Waals surface area contributed by atoms with Gasteiger partial charge in [0.1, 0.15) is 12.1 Å². The lowest BCUT2D eigenvalue weighted by molar-refractivity contribution is -0.136. The van der Waals surface area contributed by atoms with Gasteiger partial charge in [-0.3, -0.25) is 14.4 Å². The molecule has 1 saturated heterocycles. The standard InChI is InChI=1S/C24H34N4O5S/c29-20(30)13-17-14-34-23(25-17)27-21(31)19(12-16-9-5-2-6-10-16)28-22(32)18(26-24(28)33)11-15-7-3-1-4-8-15/h14-16,18-19H,1-13H2,(H,26,33)(H,29,30)(H,25,27,31). The number of nitrogens with one attached hydrogen (secondary N) is 2. The number of thiazole rings is 1. The number of anilines is 1. The fraction of sp³-hybridized carbons (Fsp3) is 0.708. The highest BCUT2D eigenvalue weighted by atomic mass is 32.1. The van der Waals surface area contributed by atoms with E-state index in [9.17, 15) is 19.2 Å². The molecule has 0 bridgehead atoms. The SMILES string of the molecule is O=C(O)Cc1csc(NC(=O)C(CC2CCCCC2)N2C(=O)NC(CC3CCCCC3)C2=O)n1. The number of aromatic nitrogens is 1. The topological polar surface area (TPSA) is 129 Å². The molecule has 186 valence electrons. The van der Waals surface area contributed by atoms with Crippen LogP contribution in [0.3, 0.4) is 0 Å². The zero-order valence-corrected chi connectivity index (χ0v) is 20.3. The van der Waals surface area contributed by atoms with E-state index >= 15 is 0 Å². The van der Waals surface area contributed by atoms with Crippen molar-refractivity contribution in [3.8, 4) is 0 Å². The van der Waals surface area contributed by atoms with Crippen LogP contribution in [0.4, 0.5) is 9.93 Å². The van der Waals surface area contributed by atoms with Crippen LogP contribution in [-0.4, -0.2) is 50.9 Å². The summed E-state index contributed by atoms with van der Waals surface area (Å²) in [5, 5.41) is 16.4. The average Bonchev–Trinajstić information content (AvgIpc) is 3.36. The fourth-order valence-corrected chi connectivity index (χ4v) is 6.33. The number of carboxylic acid groups (broad SMARTS) is 1. The number of carbonyl (C=O) groups excluding carboxylic acids is 3. The lowest BCUT2D eigenvalue weighted by atomic mass is 9.83. The number of urea groups is 1. The van der Waals surface area contributed by atoms with Crippen molar-refractivity contribution in [2.75, 3.05) is 5.32 Å². The van der Waals surface area contributed by atoms with Gasteiger partial charge >= 0.3 is 12.0 Å². The Morgan fingerprint density at radius 1 is 1.09 bits per heavy atom. The highest BCUT2D eigenvalue weighted by Gasteiger charge is 2.46. The second kappa shape index (κ2) is 11.3. The lowest BCUT2D eigenvalue weighted by Crippen LogP contribution is -2.49. The highest BCUT2D eigenvalue weighted by molar-refractivity contribution is 7.13. The Kier molecular flexibility index (Phi) is 8.18. The maximum atomic E-state index is 13.4. The average molecular weight is 491 g/mol. The van der Waals surface area contributed by atoms with Gasteiger partial charge in [0.15, 0.2) is 5.13 Å². The second-order valence-electron chi connectivity index (χ2n) is 9.91. The first-order valence-electron chi connectivity index (χ1n) is 12.5. The maximum Gasteiger partial charge on any atom is 0.325 e. The van der Waals surface area contributed by atoms with Gasteiger partial charge in [-0.2, -0.15) is 0 Å². The van der Waals surface area contributed by atoms with Crippen molar-refractivity contribution >= 4 is 40.3 Å². The van der Waals surface area contributed by atoms with Crippen molar-refractivity contribution in [2.24, 2.45) is 11.8 Å². The molecule has 4 rings (SSSR count). The van der Waals surface area contributed by atoms with Crippen molar-refractivity contribution in [2.45, 2.75) is 95.6 Å². The Morgan fingerprint density at radius 3 is 2.38 bits per heavy atom. The van der Waals surface area contributed by atoms with E-state index in [0.29, 0.717) is 24.5 Å². The Bertz CT molecular complexity index is 907. The molecule has 3 aliphatic rings. The van der Waals surface area contributed by atoms with Gasteiger partial charge in [-0.15, -0.1) is 11.3 Å². The molecule has 3 fully saturated rings. The first-order valence-corrected chi connectivity index (χ1v) is 13.4. The van der Waals surface area contributed by atoms with Gasteiger partial charge < -0.3 is 15.7 Å². The minimum atomic E-state index is -0.998. The summed E-state index contributed by atoms with van der Waals surface area (Å²) < 4.78 is 0. The molecule has 2 atom stereocenters. The van der Waals surface area contributed by atoms with Crippen LogP contribution < -0.4 is 10.6 Å². The molecule has 0 spiro atoms. The van der Waals surface area contributed by atoms with Crippen LogP contribution in [-0.2, 0) is 20.8 Å². The number of imide groups is 1. The predicted octanol–water partition coefficient (Wildman–Crippen LogP) is 3.94. The van der Waals surface area contributed by atoms with Gasteiger partial charge in [-0.25, -0.2) is 14.7 Å². The third-order valence-corrected chi connectivity index (χ3v) is 8.16. The van der Waals surface area contributed by atoms with Crippen LogP contribution in [0.5, 0.6) is 0 Å². The van der Waals surface area contributed by atoms with E-state index in [1.807, 2.05) is 0 Å². The molecule has 2 unspecified atom stereocenters. The van der Waals surface area contributed by atoms with E-state index in [2.05, 4.69) is 15.6 Å². The van der Waals surface area contributed by atoms with Crippen molar-refractivity contribution in [1.29, 1.82) is 0 Å². The lowest BCUT2D eigenvalue weighted by Gasteiger charge is -2.30. The third kappa shape index (κ3) is 6.14. The van der Waals surface area contributed by atoms with Crippen molar-refractivity contribution in [3.63, 3.8) is 0 Å². The molecule has 9 nitrogen and oxygen atoms in total. The number of carboxylic acids is 1. The predicted molar refractivity (Wildman–Crippen MR) is 127 cm³/mol. The van der Waals surface area contributed by atoms with Gasteiger partial charge in [-0.1, -0.05) is 64.2 Å². The van der Waals surface area contributed by atoms with Crippen molar-refractivity contribution < 1.29 is 24.3 Å².